The minimum Gasteiger partial charge on any atom is -0.478 e. The number of carbonyl (C=O) groups is 2. The molecule has 0 aromatic heterocycles. The van der Waals surface area contributed by atoms with Crippen molar-refractivity contribution in [1.82, 2.24) is 0 Å². The monoisotopic (exact) mass is 186 g/mol. The van der Waals surface area contributed by atoms with Gasteiger partial charge in [0.15, 0.2) is 0 Å². The van der Waals surface area contributed by atoms with Gasteiger partial charge in [-0.05, 0) is 5.92 Å². The second-order valence-corrected chi connectivity index (χ2v) is 2.82. The van der Waals surface area contributed by atoms with Crippen LogP contribution in [0, 0.1) is 5.92 Å². The fourth-order valence-corrected chi connectivity index (χ4v) is 0.530. The summed E-state index contributed by atoms with van der Waals surface area (Å²) in [5.74, 6) is -1.45. The van der Waals surface area contributed by atoms with Crippen LogP contribution in [-0.4, -0.2) is 23.7 Å². The molecule has 1 unspecified atom stereocenters. The highest BCUT2D eigenvalue weighted by Crippen LogP contribution is 2.00. The smallest absolute Gasteiger partial charge is 0.331 e. The molecular formula is C9H14O4. The Morgan fingerprint density at radius 2 is 2.08 bits per heavy atom. The molecule has 0 spiro atoms. The third-order valence-corrected chi connectivity index (χ3v) is 1.57. The van der Waals surface area contributed by atoms with Gasteiger partial charge in [0.2, 0.25) is 0 Å². The summed E-state index contributed by atoms with van der Waals surface area (Å²) in [6.07, 6.45) is 2.60. The van der Waals surface area contributed by atoms with Crippen LogP contribution in [0.5, 0.6) is 0 Å². The van der Waals surface area contributed by atoms with E-state index in [0.717, 1.165) is 18.6 Å². The first-order valence-corrected chi connectivity index (χ1v) is 4.14. The molecule has 0 aliphatic rings. The third-order valence-electron chi connectivity index (χ3n) is 1.57. The van der Waals surface area contributed by atoms with Gasteiger partial charge in [0.1, 0.15) is 0 Å². The number of rotatable bonds is 5. The lowest BCUT2D eigenvalue weighted by molar-refractivity contribution is -0.139. The molecule has 1 atom stereocenters. The SMILES string of the molecule is CCC(C)COC(=O)/C=C/C(=O)O. The number of ether oxygens (including phenoxy) is 1. The number of hydrogen-bond acceptors (Lipinski definition) is 3. The molecule has 0 saturated heterocycles. The van der Waals surface area contributed by atoms with Gasteiger partial charge < -0.3 is 9.84 Å². The van der Waals surface area contributed by atoms with E-state index in [1.54, 1.807) is 0 Å². The Bertz CT molecular complexity index is 208. The molecule has 13 heavy (non-hydrogen) atoms. The van der Waals surface area contributed by atoms with E-state index in [0.29, 0.717) is 12.5 Å². The highest BCUT2D eigenvalue weighted by molar-refractivity contribution is 5.90. The van der Waals surface area contributed by atoms with Gasteiger partial charge in [-0.15, -0.1) is 0 Å². The molecule has 4 heteroatoms. The van der Waals surface area contributed by atoms with Crippen LogP contribution in [0.2, 0.25) is 0 Å². The van der Waals surface area contributed by atoms with Crippen molar-refractivity contribution in [3.8, 4) is 0 Å². The van der Waals surface area contributed by atoms with Crippen molar-refractivity contribution < 1.29 is 19.4 Å². The summed E-state index contributed by atoms with van der Waals surface area (Å²) in [7, 11) is 0. The zero-order valence-corrected chi connectivity index (χ0v) is 7.82. The molecule has 0 saturated carbocycles. The maximum absolute atomic E-state index is 10.8. The molecule has 0 aromatic rings. The van der Waals surface area contributed by atoms with Crippen molar-refractivity contribution in [2.45, 2.75) is 20.3 Å². The summed E-state index contributed by atoms with van der Waals surface area (Å²) in [5, 5.41) is 8.19. The molecule has 0 aliphatic heterocycles. The topological polar surface area (TPSA) is 63.6 Å². The van der Waals surface area contributed by atoms with E-state index in [1.165, 1.54) is 0 Å². The summed E-state index contributed by atoms with van der Waals surface area (Å²) in [6, 6.07) is 0. The highest BCUT2D eigenvalue weighted by atomic mass is 16.5. The zero-order valence-electron chi connectivity index (χ0n) is 7.82. The summed E-state index contributed by atoms with van der Waals surface area (Å²) < 4.78 is 4.76. The summed E-state index contributed by atoms with van der Waals surface area (Å²) >= 11 is 0. The number of esters is 1. The quantitative estimate of drug-likeness (QED) is 0.518. The summed E-state index contributed by atoms with van der Waals surface area (Å²) in [4.78, 5) is 20.8. The minimum absolute atomic E-state index is 0.308. The van der Waals surface area contributed by atoms with Gasteiger partial charge in [-0.3, -0.25) is 0 Å². The van der Waals surface area contributed by atoms with E-state index in [-0.39, 0.29) is 0 Å². The van der Waals surface area contributed by atoms with Crippen LogP contribution in [0.3, 0.4) is 0 Å². The average molecular weight is 186 g/mol. The summed E-state index contributed by atoms with van der Waals surface area (Å²) in [5.41, 5.74) is 0. The van der Waals surface area contributed by atoms with Crippen LogP contribution in [0.4, 0.5) is 0 Å². The number of aliphatic carboxylic acids is 1. The van der Waals surface area contributed by atoms with Gasteiger partial charge in [0.05, 0.1) is 6.61 Å². The Morgan fingerprint density at radius 3 is 2.54 bits per heavy atom. The van der Waals surface area contributed by atoms with Crippen LogP contribution in [-0.2, 0) is 14.3 Å². The minimum atomic E-state index is -1.15. The van der Waals surface area contributed by atoms with Crippen molar-refractivity contribution in [3.63, 3.8) is 0 Å². The molecule has 4 nitrogen and oxygen atoms in total. The van der Waals surface area contributed by atoms with Gasteiger partial charge in [-0.1, -0.05) is 20.3 Å². The van der Waals surface area contributed by atoms with Crippen molar-refractivity contribution in [3.05, 3.63) is 12.2 Å². The molecule has 0 amide bonds. The van der Waals surface area contributed by atoms with Crippen LogP contribution in [0.1, 0.15) is 20.3 Å². The third kappa shape index (κ3) is 7.05. The van der Waals surface area contributed by atoms with E-state index in [1.807, 2.05) is 13.8 Å². The molecule has 0 fully saturated rings. The Labute approximate surface area is 77.2 Å². The second-order valence-electron chi connectivity index (χ2n) is 2.82. The number of carbonyl (C=O) groups excluding carboxylic acids is 1. The maximum atomic E-state index is 10.8. The molecule has 0 aromatic carbocycles. The van der Waals surface area contributed by atoms with Gasteiger partial charge in [-0.25, -0.2) is 9.59 Å². The lowest BCUT2D eigenvalue weighted by Gasteiger charge is -2.06. The Hall–Kier alpha value is -1.32. The highest BCUT2D eigenvalue weighted by Gasteiger charge is 2.02. The molecular weight excluding hydrogens is 172 g/mol. The molecule has 74 valence electrons. The first kappa shape index (κ1) is 11.7. The summed E-state index contributed by atoms with van der Waals surface area (Å²) in [6.45, 7) is 4.28. The van der Waals surface area contributed by atoms with Crippen molar-refractivity contribution in [1.29, 1.82) is 0 Å². The largest absolute Gasteiger partial charge is 0.478 e. The van der Waals surface area contributed by atoms with Crippen LogP contribution in [0.25, 0.3) is 0 Å². The fourth-order valence-electron chi connectivity index (χ4n) is 0.530. The lowest BCUT2D eigenvalue weighted by Crippen LogP contribution is -2.09. The van der Waals surface area contributed by atoms with E-state index < -0.39 is 11.9 Å². The van der Waals surface area contributed by atoms with Gasteiger partial charge >= 0.3 is 11.9 Å². The molecule has 0 radical (unpaired) electrons. The van der Waals surface area contributed by atoms with Crippen LogP contribution < -0.4 is 0 Å². The molecule has 0 bridgehead atoms. The first-order valence-electron chi connectivity index (χ1n) is 4.14. The number of carboxylic acids is 1. The average Bonchev–Trinajstić information content (AvgIpc) is 2.10. The Balaban J connectivity index is 3.69. The second kappa shape index (κ2) is 6.22. The molecule has 0 heterocycles. The van der Waals surface area contributed by atoms with Crippen molar-refractivity contribution in [2.75, 3.05) is 6.61 Å². The van der Waals surface area contributed by atoms with Gasteiger partial charge in [0, 0.05) is 12.2 Å². The molecule has 1 N–H and O–H groups in total. The van der Waals surface area contributed by atoms with E-state index >= 15 is 0 Å². The van der Waals surface area contributed by atoms with E-state index in [4.69, 9.17) is 9.84 Å². The number of carboxylic acid groups (broad SMARTS) is 1. The van der Waals surface area contributed by atoms with Gasteiger partial charge in [0.25, 0.3) is 0 Å². The predicted octanol–water partition coefficient (Wildman–Crippen LogP) is 1.22. The van der Waals surface area contributed by atoms with E-state index in [9.17, 15) is 9.59 Å². The molecule has 0 rings (SSSR count). The number of hydrogen-bond donors (Lipinski definition) is 1. The predicted molar refractivity (Wildman–Crippen MR) is 47.2 cm³/mol. The fraction of sp³-hybridized carbons (Fsp3) is 0.556. The Morgan fingerprint density at radius 1 is 1.46 bits per heavy atom. The standard InChI is InChI=1S/C9H14O4/c1-3-7(2)6-13-9(12)5-4-8(10)11/h4-5,7H,3,6H2,1-2H3,(H,10,11)/b5-4+. The van der Waals surface area contributed by atoms with Gasteiger partial charge in [-0.2, -0.15) is 0 Å². The first-order chi connectivity index (χ1) is 6.06. The molecule has 0 aliphatic carbocycles. The van der Waals surface area contributed by atoms with Crippen LogP contribution in [0.15, 0.2) is 12.2 Å². The van der Waals surface area contributed by atoms with E-state index in [2.05, 4.69) is 0 Å². The van der Waals surface area contributed by atoms with Crippen molar-refractivity contribution >= 4 is 11.9 Å². The zero-order chi connectivity index (χ0) is 10.3. The normalized spacial score (nSPS) is 12.8. The van der Waals surface area contributed by atoms with Crippen LogP contribution >= 0.6 is 0 Å². The van der Waals surface area contributed by atoms with Crippen molar-refractivity contribution in [2.24, 2.45) is 5.92 Å². The Kier molecular flexibility index (Phi) is 5.59. The lowest BCUT2D eigenvalue weighted by atomic mass is 10.1. The maximum Gasteiger partial charge on any atom is 0.331 e.